The molecule has 76 valence electrons. The van der Waals surface area contributed by atoms with Crippen molar-refractivity contribution in [3.8, 4) is 0 Å². The summed E-state index contributed by atoms with van der Waals surface area (Å²) in [6.07, 6.45) is 3.18. The minimum absolute atomic E-state index is 0.0991. The highest BCUT2D eigenvalue weighted by Crippen LogP contribution is 2.36. The van der Waals surface area contributed by atoms with Crippen LogP contribution in [0.5, 0.6) is 0 Å². The molecule has 0 aliphatic carbocycles. The molecule has 13 heavy (non-hydrogen) atoms. The summed E-state index contributed by atoms with van der Waals surface area (Å²) in [7, 11) is 1.78. The average Bonchev–Trinajstić information content (AvgIpc) is 2.33. The zero-order valence-corrected chi connectivity index (χ0v) is 8.44. The lowest BCUT2D eigenvalue weighted by atomic mass is 10.00. The predicted molar refractivity (Wildman–Crippen MR) is 50.6 cm³/mol. The molecule has 2 saturated heterocycles. The Morgan fingerprint density at radius 2 is 2.15 bits per heavy atom. The van der Waals surface area contributed by atoms with Crippen LogP contribution in [0.2, 0.25) is 0 Å². The number of nitrogens with zero attached hydrogens (tertiary/aromatic N) is 1. The van der Waals surface area contributed by atoms with Crippen molar-refractivity contribution in [2.75, 3.05) is 13.7 Å². The van der Waals surface area contributed by atoms with Gasteiger partial charge in [-0.05, 0) is 25.8 Å². The standard InChI is InChI=1S/C10H19NO2/c1-3-11-7-4-8(12)6-9(11)10(5-7)13-2/h7-10,12H,3-6H2,1-2H3. The number of ether oxygens (including phenoxy) is 1. The Morgan fingerprint density at radius 3 is 2.77 bits per heavy atom. The van der Waals surface area contributed by atoms with E-state index < -0.39 is 0 Å². The molecule has 1 N–H and O–H groups in total. The van der Waals surface area contributed by atoms with Crippen LogP contribution in [0.3, 0.4) is 0 Å². The Balaban J connectivity index is 2.11. The molecule has 2 heterocycles. The lowest BCUT2D eigenvalue weighted by Gasteiger charge is -2.36. The Labute approximate surface area is 79.7 Å². The number of aliphatic hydroxyl groups is 1. The Bertz CT molecular complexity index is 186. The number of hydrogen-bond acceptors (Lipinski definition) is 3. The third-order valence-electron chi connectivity index (χ3n) is 3.55. The summed E-state index contributed by atoms with van der Waals surface area (Å²) in [6.45, 7) is 3.28. The zero-order valence-electron chi connectivity index (χ0n) is 8.44. The topological polar surface area (TPSA) is 32.7 Å². The van der Waals surface area contributed by atoms with Gasteiger partial charge in [0.05, 0.1) is 12.2 Å². The van der Waals surface area contributed by atoms with E-state index in [-0.39, 0.29) is 6.10 Å². The summed E-state index contributed by atoms with van der Waals surface area (Å²) >= 11 is 0. The van der Waals surface area contributed by atoms with Gasteiger partial charge in [0.2, 0.25) is 0 Å². The molecular formula is C10H19NO2. The molecule has 2 fully saturated rings. The highest BCUT2D eigenvalue weighted by atomic mass is 16.5. The summed E-state index contributed by atoms with van der Waals surface area (Å²) in [5.41, 5.74) is 0. The minimum atomic E-state index is -0.0991. The highest BCUT2D eigenvalue weighted by molar-refractivity contribution is 5.00. The van der Waals surface area contributed by atoms with Gasteiger partial charge in [0, 0.05) is 19.2 Å². The van der Waals surface area contributed by atoms with E-state index in [1.807, 2.05) is 0 Å². The van der Waals surface area contributed by atoms with Gasteiger partial charge in [-0.2, -0.15) is 0 Å². The number of methoxy groups -OCH3 is 1. The van der Waals surface area contributed by atoms with Gasteiger partial charge in [-0.3, -0.25) is 4.90 Å². The Kier molecular flexibility index (Phi) is 2.58. The SMILES string of the molecule is CCN1C2CC(O)CC1C(OC)C2. The first-order chi connectivity index (χ1) is 6.26. The van der Waals surface area contributed by atoms with E-state index in [4.69, 9.17) is 4.74 Å². The number of hydrogen-bond donors (Lipinski definition) is 1. The van der Waals surface area contributed by atoms with Crippen molar-refractivity contribution < 1.29 is 9.84 Å². The fraction of sp³-hybridized carbons (Fsp3) is 1.00. The van der Waals surface area contributed by atoms with Crippen LogP contribution in [-0.4, -0.2) is 48.0 Å². The van der Waals surface area contributed by atoms with Crippen LogP contribution in [0.15, 0.2) is 0 Å². The molecule has 2 aliphatic heterocycles. The number of likely N-dealkylation sites (N-methyl/N-ethyl adjacent to an activating group) is 1. The maximum Gasteiger partial charge on any atom is 0.0742 e. The van der Waals surface area contributed by atoms with E-state index in [2.05, 4.69) is 11.8 Å². The summed E-state index contributed by atoms with van der Waals surface area (Å²) in [6, 6.07) is 1.02. The van der Waals surface area contributed by atoms with Gasteiger partial charge in [0.15, 0.2) is 0 Å². The largest absolute Gasteiger partial charge is 0.393 e. The second-order valence-corrected chi connectivity index (χ2v) is 4.19. The van der Waals surface area contributed by atoms with E-state index in [9.17, 15) is 5.11 Å². The van der Waals surface area contributed by atoms with E-state index in [1.54, 1.807) is 7.11 Å². The van der Waals surface area contributed by atoms with Crippen molar-refractivity contribution in [1.29, 1.82) is 0 Å². The molecule has 3 heteroatoms. The van der Waals surface area contributed by atoms with Crippen molar-refractivity contribution in [2.45, 2.75) is 50.5 Å². The Hall–Kier alpha value is -0.120. The van der Waals surface area contributed by atoms with Crippen LogP contribution < -0.4 is 0 Å². The van der Waals surface area contributed by atoms with E-state index >= 15 is 0 Å². The van der Waals surface area contributed by atoms with Crippen molar-refractivity contribution in [1.82, 2.24) is 4.90 Å². The van der Waals surface area contributed by atoms with Gasteiger partial charge in [-0.1, -0.05) is 6.92 Å². The van der Waals surface area contributed by atoms with Crippen molar-refractivity contribution >= 4 is 0 Å². The quantitative estimate of drug-likeness (QED) is 0.684. The Morgan fingerprint density at radius 1 is 1.38 bits per heavy atom. The zero-order chi connectivity index (χ0) is 9.42. The summed E-state index contributed by atoms with van der Waals surface area (Å²) in [5.74, 6) is 0. The first kappa shape index (κ1) is 9.44. The maximum atomic E-state index is 9.63. The molecule has 2 bridgehead atoms. The smallest absolute Gasteiger partial charge is 0.0742 e. The monoisotopic (exact) mass is 185 g/mol. The van der Waals surface area contributed by atoms with Crippen molar-refractivity contribution in [3.63, 3.8) is 0 Å². The van der Waals surface area contributed by atoms with E-state index in [0.717, 1.165) is 25.8 Å². The number of aliphatic hydroxyl groups excluding tert-OH is 1. The van der Waals surface area contributed by atoms with Crippen molar-refractivity contribution in [3.05, 3.63) is 0 Å². The third kappa shape index (κ3) is 1.49. The van der Waals surface area contributed by atoms with Gasteiger partial charge < -0.3 is 9.84 Å². The predicted octanol–water partition coefficient (Wildman–Crippen LogP) is 0.619. The summed E-state index contributed by atoms with van der Waals surface area (Å²) < 4.78 is 5.45. The number of piperidine rings is 1. The van der Waals surface area contributed by atoms with Gasteiger partial charge in [-0.25, -0.2) is 0 Å². The van der Waals surface area contributed by atoms with Gasteiger partial charge in [0.25, 0.3) is 0 Å². The molecule has 0 aromatic carbocycles. The molecule has 2 rings (SSSR count). The summed E-state index contributed by atoms with van der Waals surface area (Å²) in [5, 5.41) is 9.63. The van der Waals surface area contributed by atoms with Gasteiger partial charge in [0.1, 0.15) is 0 Å². The van der Waals surface area contributed by atoms with Crippen LogP contribution in [0.4, 0.5) is 0 Å². The third-order valence-corrected chi connectivity index (χ3v) is 3.55. The second kappa shape index (κ2) is 3.56. The average molecular weight is 185 g/mol. The molecule has 0 saturated carbocycles. The lowest BCUT2D eigenvalue weighted by molar-refractivity contribution is 0.00564. The fourth-order valence-corrected chi connectivity index (χ4v) is 3.00. The van der Waals surface area contributed by atoms with Gasteiger partial charge in [-0.15, -0.1) is 0 Å². The molecule has 3 nitrogen and oxygen atoms in total. The molecule has 0 amide bonds. The number of fused-ring (bicyclic) bond motifs is 2. The van der Waals surface area contributed by atoms with E-state index in [1.165, 1.54) is 0 Å². The lowest BCUT2D eigenvalue weighted by Crippen LogP contribution is -2.46. The van der Waals surface area contributed by atoms with E-state index in [0.29, 0.717) is 18.2 Å². The fourth-order valence-electron chi connectivity index (χ4n) is 3.00. The van der Waals surface area contributed by atoms with Crippen LogP contribution in [0.1, 0.15) is 26.2 Å². The number of rotatable bonds is 2. The minimum Gasteiger partial charge on any atom is -0.393 e. The normalized spacial score (nSPS) is 45.5. The molecule has 0 radical (unpaired) electrons. The molecule has 0 aromatic heterocycles. The molecule has 4 unspecified atom stereocenters. The highest BCUT2D eigenvalue weighted by Gasteiger charge is 2.45. The van der Waals surface area contributed by atoms with Crippen molar-refractivity contribution in [2.24, 2.45) is 0 Å². The summed E-state index contributed by atoms with van der Waals surface area (Å²) in [4.78, 5) is 2.49. The maximum absolute atomic E-state index is 9.63. The van der Waals surface area contributed by atoms with Crippen LogP contribution in [0, 0.1) is 0 Å². The van der Waals surface area contributed by atoms with Gasteiger partial charge >= 0.3 is 0 Å². The first-order valence-corrected chi connectivity index (χ1v) is 5.22. The molecule has 4 atom stereocenters. The second-order valence-electron chi connectivity index (χ2n) is 4.19. The molecule has 0 spiro atoms. The van der Waals surface area contributed by atoms with Crippen LogP contribution in [0.25, 0.3) is 0 Å². The molecular weight excluding hydrogens is 166 g/mol. The molecule has 2 aliphatic rings. The first-order valence-electron chi connectivity index (χ1n) is 5.22. The van der Waals surface area contributed by atoms with Crippen LogP contribution in [-0.2, 0) is 4.74 Å². The molecule has 0 aromatic rings. The van der Waals surface area contributed by atoms with Crippen LogP contribution >= 0.6 is 0 Å².